The number of halogens is 2. The van der Waals surface area contributed by atoms with Crippen LogP contribution in [0.4, 0.5) is 14.6 Å². The van der Waals surface area contributed by atoms with Gasteiger partial charge in [0.2, 0.25) is 5.91 Å². The van der Waals surface area contributed by atoms with Gasteiger partial charge in [-0.1, -0.05) is 18.4 Å². The monoisotopic (exact) mass is 682 g/mol. The molecular formula is C38H40F2N6O4. The summed E-state index contributed by atoms with van der Waals surface area (Å²) in [7, 11) is 0. The molecule has 1 aliphatic carbocycles. The van der Waals surface area contributed by atoms with Crippen LogP contribution < -0.4 is 9.64 Å². The molecule has 2 atom stereocenters. The second kappa shape index (κ2) is 12.9. The Morgan fingerprint density at radius 3 is 2.78 bits per heavy atom. The smallest absolute Gasteiger partial charge is 0.319 e. The van der Waals surface area contributed by atoms with E-state index in [0.29, 0.717) is 61.6 Å². The number of fused-ring (bicyclic) bond motifs is 3. The number of aromatic nitrogens is 3. The minimum atomic E-state index is -0.748. The maximum Gasteiger partial charge on any atom is 0.319 e. The number of phenolic OH excluding ortho intramolecular Hbond substituents is 1. The number of ether oxygens (including phenoxy) is 2. The number of amides is 1. The zero-order valence-corrected chi connectivity index (χ0v) is 28.1. The van der Waals surface area contributed by atoms with Crippen molar-refractivity contribution in [1.82, 2.24) is 24.8 Å². The highest BCUT2D eigenvalue weighted by Gasteiger charge is 2.51. The molecule has 4 aliphatic rings. The van der Waals surface area contributed by atoms with Crippen LogP contribution in [-0.2, 0) is 9.53 Å². The fourth-order valence-electron chi connectivity index (χ4n) is 8.73. The second-order valence-corrected chi connectivity index (χ2v) is 14.1. The van der Waals surface area contributed by atoms with Crippen LogP contribution in [0.5, 0.6) is 11.8 Å². The molecule has 3 aliphatic heterocycles. The van der Waals surface area contributed by atoms with Gasteiger partial charge >= 0.3 is 6.01 Å². The predicted octanol–water partition coefficient (Wildman–Crippen LogP) is 5.28. The number of carbonyl (C=O) groups is 1. The van der Waals surface area contributed by atoms with E-state index in [0.717, 1.165) is 58.2 Å². The minimum Gasteiger partial charge on any atom is -0.508 e. The Balaban J connectivity index is 1.19. The highest BCUT2D eigenvalue weighted by atomic mass is 19.1. The largest absolute Gasteiger partial charge is 0.508 e. The Morgan fingerprint density at radius 1 is 1.12 bits per heavy atom. The van der Waals surface area contributed by atoms with Gasteiger partial charge in [-0.05, 0) is 62.2 Å². The molecule has 8 rings (SSSR count). The van der Waals surface area contributed by atoms with Crippen molar-refractivity contribution in [3.8, 4) is 35.4 Å². The molecule has 1 amide bonds. The van der Waals surface area contributed by atoms with Crippen LogP contribution >= 0.6 is 0 Å². The number of carbonyl (C=O) groups excluding carboxylic acids is 1. The Hall–Kier alpha value is -4.60. The Bertz CT molecular complexity index is 2020. The number of aromatic hydroxyl groups is 1. The second-order valence-electron chi connectivity index (χ2n) is 14.1. The van der Waals surface area contributed by atoms with Gasteiger partial charge in [-0.25, -0.2) is 8.78 Å². The normalized spacial score (nSPS) is 23.0. The summed E-state index contributed by atoms with van der Waals surface area (Å²) in [5, 5.41) is 11.7. The first-order valence-electron chi connectivity index (χ1n) is 17.5. The first kappa shape index (κ1) is 32.6. The van der Waals surface area contributed by atoms with E-state index >= 15 is 4.39 Å². The Morgan fingerprint density at radius 2 is 1.96 bits per heavy atom. The quantitative estimate of drug-likeness (QED) is 0.272. The highest BCUT2D eigenvalue weighted by Crippen LogP contribution is 2.49. The van der Waals surface area contributed by atoms with Gasteiger partial charge in [-0.15, -0.1) is 6.42 Å². The number of pyridine rings is 1. The molecule has 1 N–H and O–H groups in total. The fourth-order valence-corrected chi connectivity index (χ4v) is 8.73. The number of anilines is 1. The molecule has 5 heterocycles. The number of hydrogen-bond donors (Lipinski definition) is 1. The van der Waals surface area contributed by atoms with Gasteiger partial charge in [0.25, 0.3) is 0 Å². The third-order valence-electron chi connectivity index (χ3n) is 11.2. The summed E-state index contributed by atoms with van der Waals surface area (Å²) < 4.78 is 44.1. The van der Waals surface area contributed by atoms with Gasteiger partial charge < -0.3 is 24.4 Å². The van der Waals surface area contributed by atoms with E-state index in [1.54, 1.807) is 6.92 Å². The number of benzene rings is 2. The molecule has 0 radical (unpaired) electrons. The van der Waals surface area contributed by atoms with E-state index in [-0.39, 0.29) is 50.8 Å². The lowest BCUT2D eigenvalue weighted by atomic mass is 9.74. The van der Waals surface area contributed by atoms with Gasteiger partial charge in [0.05, 0.1) is 24.2 Å². The topological polar surface area (TPSA) is 104 Å². The van der Waals surface area contributed by atoms with Crippen molar-refractivity contribution >= 4 is 33.4 Å². The molecule has 0 bridgehead atoms. The van der Waals surface area contributed by atoms with E-state index in [1.165, 1.54) is 30.5 Å². The average Bonchev–Trinajstić information content (AvgIpc) is 3.33. The van der Waals surface area contributed by atoms with Crippen molar-refractivity contribution in [1.29, 1.82) is 0 Å². The van der Waals surface area contributed by atoms with Crippen LogP contribution in [0.25, 0.3) is 32.9 Å². The SMILES string of the molecule is C#Cc1c(F)ccc2cc(O)cc(-c3ncc4c(N5CCCOCC5)nc(OC[C@]56CCC[C@H]5N(C5CN(C(C)=O)C5)CCC6)nc4c3F)c12. The highest BCUT2D eigenvalue weighted by molar-refractivity contribution is 6.03. The summed E-state index contributed by atoms with van der Waals surface area (Å²) in [6.45, 7) is 6.86. The molecule has 12 heteroatoms. The molecule has 4 fully saturated rings. The van der Waals surface area contributed by atoms with Crippen LogP contribution in [0.15, 0.2) is 30.5 Å². The molecule has 2 aromatic heterocycles. The number of piperidine rings is 1. The van der Waals surface area contributed by atoms with E-state index in [4.69, 9.17) is 20.9 Å². The van der Waals surface area contributed by atoms with Crippen LogP contribution in [0, 0.1) is 29.4 Å². The molecule has 260 valence electrons. The van der Waals surface area contributed by atoms with Crippen LogP contribution in [0.1, 0.15) is 51.0 Å². The molecule has 50 heavy (non-hydrogen) atoms. The Kier molecular flexibility index (Phi) is 8.43. The van der Waals surface area contributed by atoms with E-state index in [1.807, 2.05) is 4.90 Å². The number of hydrogen-bond acceptors (Lipinski definition) is 9. The fraction of sp³-hybridized carbons (Fsp3) is 0.474. The lowest BCUT2D eigenvalue weighted by molar-refractivity contribution is -0.139. The number of likely N-dealkylation sites (tertiary alicyclic amines) is 2. The van der Waals surface area contributed by atoms with Crippen LogP contribution in [0.2, 0.25) is 0 Å². The van der Waals surface area contributed by atoms with Crippen molar-refractivity contribution < 1.29 is 28.2 Å². The van der Waals surface area contributed by atoms with Crippen molar-refractivity contribution in [2.24, 2.45) is 5.41 Å². The van der Waals surface area contributed by atoms with Gasteiger partial charge in [0.15, 0.2) is 5.82 Å². The third kappa shape index (κ3) is 5.57. The summed E-state index contributed by atoms with van der Waals surface area (Å²) in [5.74, 6) is 1.50. The molecular weight excluding hydrogens is 642 g/mol. The summed E-state index contributed by atoms with van der Waals surface area (Å²) in [5.41, 5.74) is -0.0831. The maximum atomic E-state index is 16.9. The maximum absolute atomic E-state index is 16.9. The van der Waals surface area contributed by atoms with Crippen molar-refractivity contribution in [2.75, 3.05) is 57.4 Å². The number of phenols is 1. The summed E-state index contributed by atoms with van der Waals surface area (Å²) in [6.07, 6.45) is 13.2. The van der Waals surface area contributed by atoms with Gasteiger partial charge in [0, 0.05) is 74.4 Å². The van der Waals surface area contributed by atoms with Crippen LogP contribution in [0.3, 0.4) is 0 Å². The van der Waals surface area contributed by atoms with Gasteiger partial charge in [0.1, 0.15) is 28.6 Å². The molecule has 1 saturated carbocycles. The lowest BCUT2D eigenvalue weighted by Crippen LogP contribution is -2.66. The Labute approximate surface area is 289 Å². The zero-order chi connectivity index (χ0) is 34.6. The molecule has 4 aromatic rings. The third-order valence-corrected chi connectivity index (χ3v) is 11.2. The summed E-state index contributed by atoms with van der Waals surface area (Å²) in [4.78, 5) is 32.5. The first-order chi connectivity index (χ1) is 24.3. The van der Waals surface area contributed by atoms with Crippen molar-refractivity contribution in [3.05, 3.63) is 47.7 Å². The van der Waals surface area contributed by atoms with E-state index in [9.17, 15) is 14.3 Å². The van der Waals surface area contributed by atoms with Gasteiger partial charge in [-0.3, -0.25) is 14.7 Å². The summed E-state index contributed by atoms with van der Waals surface area (Å²) >= 11 is 0. The summed E-state index contributed by atoms with van der Waals surface area (Å²) in [6, 6.07) is 6.28. The first-order valence-corrected chi connectivity index (χ1v) is 17.5. The molecule has 2 aromatic carbocycles. The minimum absolute atomic E-state index is 0.0138. The van der Waals surface area contributed by atoms with E-state index in [2.05, 4.69) is 25.7 Å². The number of terminal acetylenes is 1. The van der Waals surface area contributed by atoms with E-state index < -0.39 is 11.6 Å². The zero-order valence-electron chi connectivity index (χ0n) is 28.1. The molecule has 10 nitrogen and oxygen atoms in total. The van der Waals surface area contributed by atoms with Crippen LogP contribution in [-0.4, -0.2) is 100 Å². The molecule has 3 saturated heterocycles. The molecule has 0 spiro atoms. The number of nitrogens with zero attached hydrogens (tertiary/aromatic N) is 6. The standard InChI is InChI=1S/C38H40F2N6O4/c1-3-27-30(39)9-8-24-17-26(48)18-28(32(24)27)34-33(40)35-29(19-41-34)36(44-12-6-15-49-16-14-44)43-37(42-35)50-22-38-10-4-7-31(38)46(13-5-11-38)25-20-45(21-25)23(2)47/h1,8-9,17-19,25,31,48H,4-7,10-16,20-22H2,2H3/t31-,38-/m1/s1. The van der Waals surface area contributed by atoms with Crippen molar-refractivity contribution in [2.45, 2.75) is 57.5 Å². The van der Waals surface area contributed by atoms with Gasteiger partial charge in [-0.2, -0.15) is 9.97 Å². The van der Waals surface area contributed by atoms with Crippen molar-refractivity contribution in [3.63, 3.8) is 0 Å². The average molecular weight is 683 g/mol. The lowest BCUT2D eigenvalue weighted by Gasteiger charge is -2.54. The predicted molar refractivity (Wildman–Crippen MR) is 185 cm³/mol. The number of rotatable bonds is 6. The molecule has 0 unspecified atom stereocenters.